The molecule has 1 saturated heterocycles. The molecule has 9 amide bonds. The number of rotatable bonds is 24. The highest BCUT2D eigenvalue weighted by molar-refractivity contribution is 8.76. The van der Waals surface area contributed by atoms with Crippen LogP contribution in [0.15, 0.2) is 97.1 Å². The summed E-state index contributed by atoms with van der Waals surface area (Å²) in [4.78, 5) is 127. The Morgan fingerprint density at radius 2 is 1.10 bits per heavy atom. The van der Waals surface area contributed by atoms with Gasteiger partial charge in [0.05, 0.1) is 18.2 Å². The number of halogens is 1. The average molecular weight is 1250 g/mol. The Balaban J connectivity index is 1.57. The number of nitrogens with one attached hydrogen (secondary N) is 8. The molecule has 0 aromatic heterocycles. The molecule has 86 heavy (non-hydrogen) atoms. The number of unbranched alkanes of at least 4 members (excludes halogenated alkanes) is 2. The zero-order chi connectivity index (χ0) is 62.9. The highest BCUT2D eigenvalue weighted by Crippen LogP contribution is 2.25. The van der Waals surface area contributed by atoms with Crippen molar-refractivity contribution in [3.05, 3.63) is 124 Å². The number of carbonyl (C=O) groups is 9. The van der Waals surface area contributed by atoms with E-state index in [1.807, 2.05) is 0 Å². The number of benzene rings is 4. The summed E-state index contributed by atoms with van der Waals surface area (Å²) in [7, 11) is 1.90. The van der Waals surface area contributed by atoms with Gasteiger partial charge in [0.15, 0.2) is 0 Å². The first-order valence-corrected chi connectivity index (χ1v) is 30.9. The molecule has 0 saturated carbocycles. The van der Waals surface area contributed by atoms with Gasteiger partial charge in [0.1, 0.15) is 53.8 Å². The molecule has 0 bridgehead atoms. The molecule has 1 aliphatic heterocycles. The lowest BCUT2D eigenvalue weighted by Gasteiger charge is -2.29. The van der Waals surface area contributed by atoms with Crippen molar-refractivity contribution in [1.29, 1.82) is 0 Å². The lowest BCUT2D eigenvalue weighted by Crippen LogP contribution is -2.62. The average Bonchev–Trinajstić information content (AvgIpc) is 3.30. The summed E-state index contributed by atoms with van der Waals surface area (Å²) in [6, 6.07) is 11.8. The maximum atomic E-state index is 14.9. The van der Waals surface area contributed by atoms with Crippen molar-refractivity contribution in [1.82, 2.24) is 37.2 Å². The molecule has 0 radical (unpaired) electrons. The van der Waals surface area contributed by atoms with E-state index >= 15 is 0 Å². The normalized spacial score (nSPS) is 20.7. The molecular formula is C58H78ClN13O12S2. The van der Waals surface area contributed by atoms with E-state index in [9.17, 15) is 58.5 Å². The monoisotopic (exact) mass is 1250 g/mol. The van der Waals surface area contributed by atoms with Crippen LogP contribution in [0.5, 0.6) is 11.5 Å². The zero-order valence-corrected chi connectivity index (χ0v) is 49.9. The van der Waals surface area contributed by atoms with E-state index in [1.54, 1.807) is 48.5 Å². The maximum Gasteiger partial charge on any atom is 0.245 e. The Kier molecular flexibility index (Phi) is 28.4. The van der Waals surface area contributed by atoms with Gasteiger partial charge in [-0.1, -0.05) is 88.1 Å². The molecule has 1 heterocycles. The second-order valence-corrected chi connectivity index (χ2v) is 23.8. The van der Waals surface area contributed by atoms with Crippen LogP contribution in [-0.2, 0) is 68.8 Å². The second kappa shape index (κ2) is 35.2. The fraction of sp³-hybridized carbons (Fsp3) is 0.431. The SMILES string of the molecule is C[C@@H](O)[C@@H]1NC(=O)[C@H](CCCCN)NC(=O)[C@@H](Cc2ccc(NC(=O)C(N)CCCCN)cc2)NC(=O)[C@H](Cc2ccc(O)cc2)NC(=O)[C@H](NC(=O)[C@@H](N)Cc2ccc(Cl)cc2)CSSC[C@@H](C(=O)N[C@H](Cc2ccc(O)cc2)C(N)=O)NC1=O. The van der Waals surface area contributed by atoms with E-state index in [0.29, 0.717) is 65.2 Å². The van der Waals surface area contributed by atoms with E-state index in [2.05, 4.69) is 42.5 Å². The fourth-order valence-corrected chi connectivity index (χ4v) is 11.3. The van der Waals surface area contributed by atoms with Gasteiger partial charge >= 0.3 is 0 Å². The summed E-state index contributed by atoms with van der Waals surface area (Å²) in [6.07, 6.45) is 0.142. The largest absolute Gasteiger partial charge is 0.508 e. The third-order valence-electron chi connectivity index (χ3n) is 13.8. The molecule has 21 N–H and O–H groups in total. The van der Waals surface area contributed by atoms with Crippen LogP contribution in [0.1, 0.15) is 67.7 Å². The van der Waals surface area contributed by atoms with Crippen LogP contribution in [0.2, 0.25) is 5.02 Å². The van der Waals surface area contributed by atoms with E-state index in [4.69, 9.17) is 40.3 Å². The van der Waals surface area contributed by atoms with Crippen LogP contribution < -0.4 is 71.2 Å². The summed E-state index contributed by atoms with van der Waals surface area (Å²) >= 11 is 6.09. The number of phenols is 2. The van der Waals surface area contributed by atoms with Crippen molar-refractivity contribution in [3.63, 3.8) is 0 Å². The highest BCUT2D eigenvalue weighted by atomic mass is 35.5. The standard InChI is InChI=1S/C58H78ClN13O12S2/c1-32(73)49-58(84)71-48(56(82)67-44(50(64)76)27-35-12-20-39(74)21-13-35)31-86-85-30-47(70-52(78)42(63)26-33-8-16-37(59)17-9-33)57(83)69-46(29-36-14-22-40(75)23-15-36)55(81)68-45(54(80)66-43(53(79)72-49)7-3-5-25-61)28-34-10-18-38(19-11-34)65-51(77)41(62)6-2-4-24-60/h8-23,32,41-49,73-75H,2-7,24-31,60-63H2,1H3,(H2,64,76)(H,65,77)(H,66,80)(H,67,82)(H,68,81)(H,69,83)(H,70,78)(H,71,84)(H,72,79)/t32-,41?,42+,43+,44-,45-,46+,47-,48+,49+/m1/s1. The molecule has 25 nitrogen and oxygen atoms in total. The smallest absolute Gasteiger partial charge is 0.245 e. The molecule has 0 spiro atoms. The van der Waals surface area contributed by atoms with Gasteiger partial charge in [-0.2, -0.15) is 0 Å². The van der Waals surface area contributed by atoms with Crippen LogP contribution in [0, 0.1) is 0 Å². The van der Waals surface area contributed by atoms with Crippen LogP contribution in [0.25, 0.3) is 0 Å². The predicted octanol–water partition coefficient (Wildman–Crippen LogP) is -0.472. The molecular weight excluding hydrogens is 1170 g/mol. The minimum atomic E-state index is -1.77. The van der Waals surface area contributed by atoms with Gasteiger partial charge in [-0.05, 0) is 129 Å². The minimum Gasteiger partial charge on any atom is -0.508 e. The number of amides is 9. The number of primary amides is 1. The minimum absolute atomic E-state index is 0.0209. The van der Waals surface area contributed by atoms with Crippen molar-refractivity contribution in [2.24, 2.45) is 28.7 Å². The summed E-state index contributed by atoms with van der Waals surface area (Å²) in [5.41, 5.74) is 32.1. The summed E-state index contributed by atoms with van der Waals surface area (Å²) in [5, 5.41) is 52.8. The number of nitrogens with two attached hydrogens (primary N) is 5. The first-order valence-electron chi connectivity index (χ1n) is 28.0. The van der Waals surface area contributed by atoms with Crippen LogP contribution in [0.4, 0.5) is 5.69 Å². The summed E-state index contributed by atoms with van der Waals surface area (Å²) < 4.78 is 0. The third kappa shape index (κ3) is 23.1. The van der Waals surface area contributed by atoms with Gasteiger partial charge in [-0.15, -0.1) is 0 Å². The number of hydrogen-bond acceptors (Lipinski definition) is 18. The number of hydrogen-bond donors (Lipinski definition) is 16. The molecule has 0 aliphatic carbocycles. The van der Waals surface area contributed by atoms with E-state index < -0.39 is 114 Å². The van der Waals surface area contributed by atoms with Gasteiger partial charge < -0.3 is 86.5 Å². The van der Waals surface area contributed by atoms with Gasteiger partial charge in [0.25, 0.3) is 0 Å². The lowest BCUT2D eigenvalue weighted by atomic mass is 10.0. The predicted molar refractivity (Wildman–Crippen MR) is 329 cm³/mol. The maximum absolute atomic E-state index is 14.9. The van der Waals surface area contributed by atoms with E-state index in [-0.39, 0.29) is 68.1 Å². The number of carbonyl (C=O) groups excluding carboxylic acids is 9. The number of aliphatic hydroxyl groups is 1. The molecule has 10 atom stereocenters. The fourth-order valence-electron chi connectivity index (χ4n) is 8.83. The van der Waals surface area contributed by atoms with Gasteiger partial charge in [-0.25, -0.2) is 0 Å². The molecule has 466 valence electrons. The topological polar surface area (TPSA) is 441 Å². The molecule has 5 rings (SSSR count). The van der Waals surface area contributed by atoms with Crippen molar-refractivity contribution >= 4 is 92.0 Å². The first-order chi connectivity index (χ1) is 41.0. The summed E-state index contributed by atoms with van der Waals surface area (Å²) in [6.45, 7) is 1.87. The van der Waals surface area contributed by atoms with Gasteiger partial charge in [-0.3, -0.25) is 43.2 Å². The molecule has 4 aromatic rings. The lowest BCUT2D eigenvalue weighted by molar-refractivity contribution is -0.136. The molecule has 4 aromatic carbocycles. The van der Waals surface area contributed by atoms with Crippen LogP contribution in [0.3, 0.4) is 0 Å². The van der Waals surface area contributed by atoms with Gasteiger partial charge in [0, 0.05) is 41.5 Å². The number of aromatic hydroxyl groups is 2. The van der Waals surface area contributed by atoms with Crippen molar-refractivity contribution in [3.8, 4) is 11.5 Å². The van der Waals surface area contributed by atoms with Crippen LogP contribution in [-0.4, -0.2) is 154 Å². The molecule has 28 heteroatoms. The molecule has 1 unspecified atom stereocenters. The van der Waals surface area contributed by atoms with E-state index in [1.165, 1.54) is 55.5 Å². The Hall–Kier alpha value is -7.50. The first kappa shape index (κ1) is 69.3. The Morgan fingerprint density at radius 1 is 0.605 bits per heavy atom. The third-order valence-corrected chi connectivity index (χ3v) is 16.5. The van der Waals surface area contributed by atoms with Gasteiger partial charge in [0.2, 0.25) is 53.2 Å². The zero-order valence-electron chi connectivity index (χ0n) is 47.5. The molecule has 1 fully saturated rings. The van der Waals surface area contributed by atoms with Crippen molar-refractivity contribution < 1.29 is 58.5 Å². The van der Waals surface area contributed by atoms with Crippen molar-refractivity contribution in [2.45, 2.75) is 132 Å². The molecule has 1 aliphatic rings. The van der Waals surface area contributed by atoms with Crippen LogP contribution >= 0.6 is 33.2 Å². The van der Waals surface area contributed by atoms with E-state index in [0.717, 1.165) is 21.6 Å². The van der Waals surface area contributed by atoms with Crippen molar-refractivity contribution in [2.75, 3.05) is 29.9 Å². The quantitative estimate of drug-likeness (QED) is 0.0311. The number of aliphatic hydroxyl groups excluding tert-OH is 1. The Bertz CT molecular complexity index is 2920. The number of anilines is 1. The highest BCUT2D eigenvalue weighted by Gasteiger charge is 2.37. The Labute approximate surface area is 511 Å². The Morgan fingerprint density at radius 3 is 1.67 bits per heavy atom. The number of phenolic OH excluding ortho intramolecular Hbond substituents is 2. The second-order valence-electron chi connectivity index (χ2n) is 20.8. The summed E-state index contributed by atoms with van der Waals surface area (Å²) in [5.74, 6) is -8.51.